The number of carbonyl (C=O) groups excluding carboxylic acids is 2. The number of carbonyl (C=O) groups is 3. The number of phenols is 1. The maximum Gasteiger partial charge on any atom is 0.326 e. The molecular formula is C28H30N4O6. The Morgan fingerprint density at radius 1 is 1.13 bits per heavy atom. The van der Waals surface area contributed by atoms with Gasteiger partial charge in [-0.25, -0.2) is 9.78 Å². The standard InChI is InChI=1S/C28H30N4O6/c33-17-30-23-16-20(8-12-25(23)34)27(35)32-24(28(36)37)15-18-5-10-22(11-6-18)38-14-2-4-21-9-7-19-3-1-13-29-26(19)31-21/h5-12,16-17,24,34H,1-4,13-15H2,(H,29,31)(H,30,33)(H,32,35)(H,36,37). The summed E-state index contributed by atoms with van der Waals surface area (Å²) in [4.78, 5) is 39.7. The Bertz CT molecular complexity index is 1300. The lowest BCUT2D eigenvalue weighted by Crippen LogP contribution is -2.42. The summed E-state index contributed by atoms with van der Waals surface area (Å²) in [6, 6.07) is 14.0. The number of carboxylic acid groups (broad SMARTS) is 1. The van der Waals surface area contributed by atoms with Crippen LogP contribution in [0.1, 0.15) is 40.0 Å². The Morgan fingerprint density at radius 3 is 2.71 bits per heavy atom. The molecule has 0 saturated heterocycles. The van der Waals surface area contributed by atoms with Crippen LogP contribution >= 0.6 is 0 Å². The van der Waals surface area contributed by atoms with Crippen molar-refractivity contribution in [1.82, 2.24) is 10.3 Å². The molecule has 1 aromatic heterocycles. The number of hydrogen-bond donors (Lipinski definition) is 5. The van der Waals surface area contributed by atoms with Crippen LogP contribution in [-0.4, -0.2) is 52.7 Å². The molecule has 4 rings (SSSR count). The molecule has 1 atom stereocenters. The van der Waals surface area contributed by atoms with E-state index in [-0.39, 0.29) is 23.4 Å². The van der Waals surface area contributed by atoms with E-state index in [1.165, 1.54) is 23.8 Å². The third kappa shape index (κ3) is 7.00. The second-order valence-corrected chi connectivity index (χ2v) is 9.00. The van der Waals surface area contributed by atoms with Crippen LogP contribution in [-0.2, 0) is 28.9 Å². The highest BCUT2D eigenvalue weighted by molar-refractivity contribution is 5.98. The Balaban J connectivity index is 1.27. The molecule has 1 aliphatic rings. The first kappa shape index (κ1) is 26.5. The number of aromatic nitrogens is 1. The molecular weight excluding hydrogens is 488 g/mol. The van der Waals surface area contributed by atoms with E-state index in [1.807, 2.05) is 0 Å². The average molecular weight is 519 g/mol. The lowest BCUT2D eigenvalue weighted by Gasteiger charge is -2.17. The normalized spacial score (nSPS) is 12.9. The van der Waals surface area contributed by atoms with E-state index in [9.17, 15) is 24.6 Å². The number of fused-ring (bicyclic) bond motifs is 1. The van der Waals surface area contributed by atoms with Crippen molar-refractivity contribution in [2.45, 2.75) is 38.1 Å². The quantitative estimate of drug-likeness (QED) is 0.139. The monoisotopic (exact) mass is 518 g/mol. The molecule has 1 unspecified atom stereocenters. The number of aromatic hydroxyl groups is 1. The summed E-state index contributed by atoms with van der Waals surface area (Å²) in [5.74, 6) is -0.378. The fraction of sp³-hybridized carbons (Fsp3) is 0.286. The van der Waals surface area contributed by atoms with Gasteiger partial charge in [0.1, 0.15) is 23.4 Å². The minimum atomic E-state index is -1.19. The number of nitrogens with zero attached hydrogens (tertiary/aromatic N) is 1. The summed E-state index contributed by atoms with van der Waals surface area (Å²) in [5.41, 5.74) is 3.16. The van der Waals surface area contributed by atoms with Crippen LogP contribution in [0.25, 0.3) is 0 Å². The number of benzene rings is 2. The van der Waals surface area contributed by atoms with Gasteiger partial charge in [0.05, 0.1) is 12.3 Å². The van der Waals surface area contributed by atoms with E-state index in [1.54, 1.807) is 24.3 Å². The fourth-order valence-electron chi connectivity index (χ4n) is 4.21. The highest BCUT2D eigenvalue weighted by Gasteiger charge is 2.22. The van der Waals surface area contributed by atoms with E-state index in [0.717, 1.165) is 43.7 Å². The zero-order valence-electron chi connectivity index (χ0n) is 20.8. The van der Waals surface area contributed by atoms with Crippen LogP contribution in [0.2, 0.25) is 0 Å². The molecule has 198 valence electrons. The SMILES string of the molecule is O=CNc1cc(C(=O)NC(Cc2ccc(OCCCc3ccc4c(n3)NCCC4)cc2)C(=O)O)ccc1O. The summed E-state index contributed by atoms with van der Waals surface area (Å²) in [6.45, 7) is 1.48. The van der Waals surface area contributed by atoms with Crippen molar-refractivity contribution in [2.75, 3.05) is 23.8 Å². The van der Waals surface area contributed by atoms with E-state index in [0.29, 0.717) is 24.3 Å². The average Bonchev–Trinajstić information content (AvgIpc) is 2.92. The van der Waals surface area contributed by atoms with Crippen LogP contribution in [0.15, 0.2) is 54.6 Å². The molecule has 1 aliphatic heterocycles. The maximum atomic E-state index is 12.6. The number of carboxylic acids is 1. The number of aliphatic carboxylic acids is 1. The van der Waals surface area contributed by atoms with Gasteiger partial charge in [0, 0.05) is 24.2 Å². The van der Waals surface area contributed by atoms with Crippen molar-refractivity contribution in [1.29, 1.82) is 0 Å². The number of ether oxygens (including phenoxy) is 1. The van der Waals surface area contributed by atoms with Crippen molar-refractivity contribution in [3.8, 4) is 11.5 Å². The number of hydrogen-bond acceptors (Lipinski definition) is 7. The van der Waals surface area contributed by atoms with E-state index >= 15 is 0 Å². The number of amides is 2. The van der Waals surface area contributed by atoms with Crippen LogP contribution in [0.5, 0.6) is 11.5 Å². The Kier molecular flexibility index (Phi) is 8.76. The van der Waals surface area contributed by atoms with E-state index < -0.39 is 17.9 Å². The third-order valence-electron chi connectivity index (χ3n) is 6.24. The number of anilines is 2. The smallest absolute Gasteiger partial charge is 0.326 e. The number of phenolic OH excluding ortho intramolecular Hbond substituents is 1. The molecule has 0 fully saturated rings. The Morgan fingerprint density at radius 2 is 1.95 bits per heavy atom. The predicted molar refractivity (Wildman–Crippen MR) is 142 cm³/mol. The van der Waals surface area contributed by atoms with Crippen LogP contribution in [0.4, 0.5) is 11.5 Å². The second-order valence-electron chi connectivity index (χ2n) is 9.00. The first-order valence-corrected chi connectivity index (χ1v) is 12.4. The summed E-state index contributed by atoms with van der Waals surface area (Å²) in [5, 5.41) is 27.5. The van der Waals surface area contributed by atoms with Crippen LogP contribution < -0.4 is 20.7 Å². The molecule has 2 amide bonds. The van der Waals surface area contributed by atoms with Crippen molar-refractivity contribution >= 4 is 29.8 Å². The molecule has 0 spiro atoms. The predicted octanol–water partition coefficient (Wildman–Crippen LogP) is 3.15. The number of aryl methyl sites for hydroxylation is 2. The minimum absolute atomic E-state index is 0.0473. The molecule has 10 heteroatoms. The fourth-order valence-corrected chi connectivity index (χ4v) is 4.21. The number of rotatable bonds is 12. The minimum Gasteiger partial charge on any atom is -0.506 e. The van der Waals surface area contributed by atoms with E-state index in [4.69, 9.17) is 9.72 Å². The van der Waals surface area contributed by atoms with Gasteiger partial charge in [0.25, 0.3) is 5.91 Å². The molecule has 0 saturated carbocycles. The van der Waals surface area contributed by atoms with Gasteiger partial charge in [0.15, 0.2) is 0 Å². The zero-order valence-corrected chi connectivity index (χ0v) is 20.8. The van der Waals surface area contributed by atoms with Crippen molar-refractivity contribution in [2.24, 2.45) is 0 Å². The molecule has 10 nitrogen and oxygen atoms in total. The summed E-state index contributed by atoms with van der Waals surface area (Å²) in [7, 11) is 0. The third-order valence-corrected chi connectivity index (χ3v) is 6.24. The van der Waals surface area contributed by atoms with Gasteiger partial charge in [-0.1, -0.05) is 18.2 Å². The molecule has 3 aromatic rings. The van der Waals surface area contributed by atoms with Gasteiger partial charge in [-0.2, -0.15) is 0 Å². The number of pyridine rings is 1. The Labute approximate surface area is 220 Å². The van der Waals surface area contributed by atoms with Crippen LogP contribution in [0.3, 0.4) is 0 Å². The van der Waals surface area contributed by atoms with Crippen molar-refractivity contribution < 1.29 is 29.3 Å². The van der Waals surface area contributed by atoms with Crippen molar-refractivity contribution in [3.63, 3.8) is 0 Å². The highest BCUT2D eigenvalue weighted by Crippen LogP contribution is 2.24. The molecule has 0 aliphatic carbocycles. The first-order chi connectivity index (χ1) is 18.4. The van der Waals surface area contributed by atoms with Gasteiger partial charge in [-0.3, -0.25) is 9.59 Å². The van der Waals surface area contributed by atoms with Gasteiger partial charge in [-0.15, -0.1) is 0 Å². The Hall–Kier alpha value is -4.60. The summed E-state index contributed by atoms with van der Waals surface area (Å²) < 4.78 is 5.83. The highest BCUT2D eigenvalue weighted by atomic mass is 16.5. The van der Waals surface area contributed by atoms with Gasteiger partial charge >= 0.3 is 5.97 Å². The lowest BCUT2D eigenvalue weighted by molar-refractivity contribution is -0.139. The largest absolute Gasteiger partial charge is 0.506 e. The lowest BCUT2D eigenvalue weighted by atomic mass is 10.0. The maximum absolute atomic E-state index is 12.6. The topological polar surface area (TPSA) is 150 Å². The van der Waals surface area contributed by atoms with Gasteiger partial charge in [0.2, 0.25) is 6.41 Å². The first-order valence-electron chi connectivity index (χ1n) is 12.4. The van der Waals surface area contributed by atoms with Gasteiger partial charge < -0.3 is 30.9 Å². The van der Waals surface area contributed by atoms with Gasteiger partial charge in [-0.05, 0) is 73.2 Å². The zero-order chi connectivity index (χ0) is 26.9. The van der Waals surface area contributed by atoms with E-state index in [2.05, 4.69) is 28.1 Å². The molecule has 38 heavy (non-hydrogen) atoms. The van der Waals surface area contributed by atoms with Crippen LogP contribution in [0, 0.1) is 0 Å². The second kappa shape index (κ2) is 12.6. The van der Waals surface area contributed by atoms with Crippen molar-refractivity contribution in [3.05, 3.63) is 77.0 Å². The molecule has 0 bridgehead atoms. The molecule has 5 N–H and O–H groups in total. The molecule has 2 heterocycles. The summed E-state index contributed by atoms with van der Waals surface area (Å²) in [6.07, 6.45) is 4.25. The summed E-state index contributed by atoms with van der Waals surface area (Å²) >= 11 is 0. The molecule has 0 radical (unpaired) electrons. The molecule has 2 aromatic carbocycles. The number of nitrogens with one attached hydrogen (secondary N) is 3.